The Morgan fingerprint density at radius 1 is 1.12 bits per heavy atom. The molecule has 0 aromatic heterocycles. The van der Waals surface area contributed by atoms with Gasteiger partial charge in [-0.05, 0) is 55.2 Å². The predicted molar refractivity (Wildman–Crippen MR) is 128 cm³/mol. The van der Waals surface area contributed by atoms with Gasteiger partial charge < -0.3 is 15.0 Å². The van der Waals surface area contributed by atoms with E-state index in [4.69, 9.17) is 4.74 Å². The SMILES string of the molecule is CC1(C)COCCC1N[C@H]1CCCC[C@@H]1Cc1ccc2c(c1)CN(C1CCC(=O)NC1=O)C2=O. The van der Waals surface area contributed by atoms with Crippen LogP contribution in [-0.4, -0.2) is 54.0 Å². The molecule has 7 nitrogen and oxygen atoms in total. The predicted octanol–water partition coefficient (Wildman–Crippen LogP) is 2.95. The monoisotopic (exact) mass is 467 g/mol. The summed E-state index contributed by atoms with van der Waals surface area (Å²) < 4.78 is 5.73. The Balaban J connectivity index is 1.27. The number of piperidine rings is 1. The highest BCUT2D eigenvalue weighted by Gasteiger charge is 2.40. The lowest BCUT2D eigenvalue weighted by molar-refractivity contribution is -0.136. The van der Waals surface area contributed by atoms with E-state index in [-0.39, 0.29) is 29.6 Å². The molecule has 7 heteroatoms. The molecule has 2 unspecified atom stereocenters. The molecule has 184 valence electrons. The van der Waals surface area contributed by atoms with Gasteiger partial charge in [0.1, 0.15) is 6.04 Å². The van der Waals surface area contributed by atoms with Gasteiger partial charge in [-0.2, -0.15) is 0 Å². The zero-order chi connectivity index (χ0) is 23.9. The summed E-state index contributed by atoms with van der Waals surface area (Å²) in [5.41, 5.74) is 3.10. The van der Waals surface area contributed by atoms with Gasteiger partial charge in [0, 0.05) is 42.6 Å². The van der Waals surface area contributed by atoms with Crippen molar-refractivity contribution in [1.29, 1.82) is 0 Å². The summed E-state index contributed by atoms with van der Waals surface area (Å²) in [7, 11) is 0. The second-order valence-electron chi connectivity index (χ2n) is 11.3. The number of carbonyl (C=O) groups excluding carboxylic acids is 3. The number of imide groups is 1. The van der Waals surface area contributed by atoms with Gasteiger partial charge in [0.15, 0.2) is 0 Å². The van der Waals surface area contributed by atoms with E-state index in [0.717, 1.165) is 31.6 Å². The van der Waals surface area contributed by atoms with Gasteiger partial charge >= 0.3 is 0 Å². The van der Waals surface area contributed by atoms with Crippen LogP contribution in [0.2, 0.25) is 0 Å². The summed E-state index contributed by atoms with van der Waals surface area (Å²) in [6, 6.07) is 6.62. The van der Waals surface area contributed by atoms with Crippen molar-refractivity contribution in [3.63, 3.8) is 0 Å². The lowest BCUT2D eigenvalue weighted by Gasteiger charge is -2.43. The average molecular weight is 468 g/mol. The van der Waals surface area contributed by atoms with E-state index >= 15 is 0 Å². The summed E-state index contributed by atoms with van der Waals surface area (Å²) in [6.45, 7) is 6.68. The van der Waals surface area contributed by atoms with E-state index in [1.807, 2.05) is 6.07 Å². The van der Waals surface area contributed by atoms with Gasteiger partial charge in [-0.1, -0.05) is 38.8 Å². The number of fused-ring (bicyclic) bond motifs is 1. The van der Waals surface area contributed by atoms with Gasteiger partial charge in [0.05, 0.1) is 6.61 Å². The van der Waals surface area contributed by atoms with Gasteiger partial charge in [-0.3, -0.25) is 19.7 Å². The van der Waals surface area contributed by atoms with Crippen LogP contribution in [0.1, 0.15) is 80.3 Å². The van der Waals surface area contributed by atoms with E-state index in [0.29, 0.717) is 36.5 Å². The Bertz CT molecular complexity index is 975. The number of carbonyl (C=O) groups is 3. The fraction of sp³-hybridized carbons (Fsp3) is 0.667. The van der Waals surface area contributed by atoms with Crippen molar-refractivity contribution in [3.8, 4) is 0 Å². The van der Waals surface area contributed by atoms with Crippen molar-refractivity contribution >= 4 is 17.7 Å². The molecule has 3 heterocycles. The van der Waals surface area contributed by atoms with E-state index < -0.39 is 6.04 Å². The molecule has 3 aliphatic heterocycles. The van der Waals surface area contributed by atoms with Crippen molar-refractivity contribution in [2.24, 2.45) is 11.3 Å². The molecule has 4 atom stereocenters. The number of nitrogens with one attached hydrogen (secondary N) is 2. The van der Waals surface area contributed by atoms with E-state index in [1.165, 1.54) is 31.2 Å². The van der Waals surface area contributed by atoms with Crippen molar-refractivity contribution in [3.05, 3.63) is 34.9 Å². The molecule has 1 saturated carbocycles. The standard InChI is InChI=1S/C27H37N3O4/c1-27(2)16-34-12-11-23(27)28-21-6-4-3-5-18(21)13-17-7-8-20-19(14-17)15-30(26(20)33)22-9-10-24(31)29-25(22)32/h7-8,14,18,21-23,28H,3-6,9-13,15-16H2,1-2H3,(H,29,31,32)/t18-,21+,22?,23?/m1/s1. The molecule has 1 aromatic rings. The third kappa shape index (κ3) is 4.65. The summed E-state index contributed by atoms with van der Waals surface area (Å²) in [4.78, 5) is 38.5. The first-order valence-corrected chi connectivity index (χ1v) is 12.9. The molecular formula is C27H37N3O4. The average Bonchev–Trinajstić information content (AvgIpc) is 3.12. The first-order chi connectivity index (χ1) is 16.3. The quantitative estimate of drug-likeness (QED) is 0.650. The topological polar surface area (TPSA) is 87.7 Å². The van der Waals surface area contributed by atoms with Crippen LogP contribution >= 0.6 is 0 Å². The molecule has 1 aliphatic carbocycles. The summed E-state index contributed by atoms with van der Waals surface area (Å²) >= 11 is 0. The molecular weight excluding hydrogens is 430 g/mol. The highest BCUT2D eigenvalue weighted by molar-refractivity contribution is 6.05. The van der Waals surface area contributed by atoms with E-state index in [9.17, 15) is 14.4 Å². The van der Waals surface area contributed by atoms with Gasteiger partial charge in [-0.15, -0.1) is 0 Å². The lowest BCUT2D eigenvalue weighted by Crippen LogP contribution is -2.54. The third-order valence-corrected chi connectivity index (χ3v) is 8.38. The molecule has 34 heavy (non-hydrogen) atoms. The van der Waals surface area contributed by atoms with E-state index in [1.54, 1.807) is 4.90 Å². The Hall–Kier alpha value is -2.25. The number of benzene rings is 1. The molecule has 3 amide bonds. The number of hydrogen-bond acceptors (Lipinski definition) is 5. The molecule has 2 N–H and O–H groups in total. The molecule has 0 radical (unpaired) electrons. The number of rotatable bonds is 5. The molecule has 0 bridgehead atoms. The first-order valence-electron chi connectivity index (χ1n) is 12.9. The maximum atomic E-state index is 13.0. The summed E-state index contributed by atoms with van der Waals surface area (Å²) in [5.74, 6) is -0.138. The zero-order valence-electron chi connectivity index (χ0n) is 20.4. The van der Waals surface area contributed by atoms with Crippen LogP contribution in [0.25, 0.3) is 0 Å². The minimum atomic E-state index is -0.559. The Labute approximate surface area is 202 Å². The van der Waals surface area contributed by atoms with Gasteiger partial charge in [-0.25, -0.2) is 0 Å². The Morgan fingerprint density at radius 2 is 1.94 bits per heavy atom. The van der Waals surface area contributed by atoms with Crippen LogP contribution in [0.5, 0.6) is 0 Å². The highest BCUT2D eigenvalue weighted by Crippen LogP contribution is 2.34. The molecule has 4 aliphatic rings. The summed E-state index contributed by atoms with van der Waals surface area (Å²) in [5, 5.41) is 6.40. The van der Waals surface area contributed by atoms with Crippen molar-refractivity contribution in [1.82, 2.24) is 15.5 Å². The van der Waals surface area contributed by atoms with Gasteiger partial charge in [0.25, 0.3) is 5.91 Å². The third-order valence-electron chi connectivity index (χ3n) is 8.38. The van der Waals surface area contributed by atoms with Crippen LogP contribution in [0, 0.1) is 11.3 Å². The van der Waals surface area contributed by atoms with Gasteiger partial charge in [0.2, 0.25) is 11.8 Å². The minimum Gasteiger partial charge on any atom is -0.381 e. The number of nitrogens with zero attached hydrogens (tertiary/aromatic N) is 1. The number of ether oxygens (including phenoxy) is 1. The Kier molecular flexibility index (Phi) is 6.51. The van der Waals surface area contributed by atoms with Crippen molar-refractivity contribution in [2.45, 2.75) is 89.9 Å². The zero-order valence-corrected chi connectivity index (χ0v) is 20.4. The Morgan fingerprint density at radius 3 is 2.74 bits per heavy atom. The van der Waals surface area contributed by atoms with Crippen LogP contribution in [0.15, 0.2) is 18.2 Å². The molecule has 5 rings (SSSR count). The highest BCUT2D eigenvalue weighted by atomic mass is 16.5. The second-order valence-corrected chi connectivity index (χ2v) is 11.3. The number of amides is 3. The minimum absolute atomic E-state index is 0.102. The van der Waals surface area contributed by atoms with Crippen LogP contribution in [0.4, 0.5) is 0 Å². The maximum Gasteiger partial charge on any atom is 0.255 e. The van der Waals surface area contributed by atoms with Crippen molar-refractivity contribution in [2.75, 3.05) is 13.2 Å². The lowest BCUT2D eigenvalue weighted by atomic mass is 9.77. The molecule has 3 fully saturated rings. The second kappa shape index (κ2) is 9.42. The molecule has 1 aromatic carbocycles. The largest absolute Gasteiger partial charge is 0.381 e. The van der Waals surface area contributed by atoms with Crippen LogP contribution in [-0.2, 0) is 27.3 Å². The fourth-order valence-corrected chi connectivity index (χ4v) is 6.32. The first kappa shape index (κ1) is 23.5. The van der Waals surface area contributed by atoms with Crippen LogP contribution in [0.3, 0.4) is 0 Å². The van der Waals surface area contributed by atoms with Crippen molar-refractivity contribution < 1.29 is 19.1 Å². The molecule has 0 spiro atoms. The normalized spacial score (nSPS) is 31.4. The van der Waals surface area contributed by atoms with E-state index in [2.05, 4.69) is 36.6 Å². The maximum absolute atomic E-state index is 13.0. The fourth-order valence-electron chi connectivity index (χ4n) is 6.32. The number of hydrogen-bond donors (Lipinski definition) is 2. The molecule has 2 saturated heterocycles. The van der Waals surface area contributed by atoms with Crippen LogP contribution < -0.4 is 10.6 Å². The summed E-state index contributed by atoms with van der Waals surface area (Å²) in [6.07, 6.45) is 7.72. The smallest absolute Gasteiger partial charge is 0.255 e.